The highest BCUT2D eigenvalue weighted by molar-refractivity contribution is 7.26. The van der Waals surface area contributed by atoms with Crippen LogP contribution < -0.4 is 9.80 Å². The molecule has 3 nitrogen and oxygen atoms in total. The van der Waals surface area contributed by atoms with Gasteiger partial charge in [0.25, 0.3) is 0 Å². The Balaban J connectivity index is 0.945. The van der Waals surface area contributed by atoms with E-state index in [-0.39, 0.29) is 0 Å². The maximum Gasteiger partial charge on any atom is 0.137 e. The minimum atomic E-state index is -0.591. The van der Waals surface area contributed by atoms with E-state index in [0.717, 1.165) is 56.1 Å². The normalized spacial score (nSPS) is 13.4. The summed E-state index contributed by atoms with van der Waals surface area (Å²) >= 11 is 1.86. The first-order valence-electron chi connectivity index (χ1n) is 28.9. The summed E-state index contributed by atoms with van der Waals surface area (Å²) in [5, 5.41) is 4.60. The van der Waals surface area contributed by atoms with E-state index in [0.29, 0.717) is 0 Å². The van der Waals surface area contributed by atoms with Crippen LogP contribution in [0.5, 0.6) is 0 Å². The lowest BCUT2D eigenvalue weighted by Crippen LogP contribution is -2.28. The molecule has 0 aliphatic heterocycles. The van der Waals surface area contributed by atoms with Gasteiger partial charge in [-0.05, 0) is 134 Å². The van der Waals surface area contributed by atoms with Gasteiger partial charge < -0.3 is 14.2 Å². The van der Waals surface area contributed by atoms with Gasteiger partial charge in [-0.25, -0.2) is 0 Å². The molecule has 13 aromatic carbocycles. The van der Waals surface area contributed by atoms with Crippen LogP contribution in [-0.4, -0.2) is 0 Å². The number of benzene rings is 13. The van der Waals surface area contributed by atoms with E-state index in [4.69, 9.17) is 4.42 Å². The number of rotatable bonds is 10. The van der Waals surface area contributed by atoms with Crippen LogP contribution in [0.2, 0.25) is 0 Å². The lowest BCUT2D eigenvalue weighted by molar-refractivity contribution is 0.669. The third-order valence-electron chi connectivity index (χ3n) is 18.0. The van der Waals surface area contributed by atoms with Crippen molar-refractivity contribution in [3.05, 3.63) is 360 Å². The maximum atomic E-state index is 6.72. The summed E-state index contributed by atoms with van der Waals surface area (Å²) in [6, 6.07) is 117. The molecule has 15 aromatic rings. The van der Waals surface area contributed by atoms with Crippen LogP contribution in [0.3, 0.4) is 0 Å². The maximum absolute atomic E-state index is 6.72. The first kappa shape index (κ1) is 48.2. The first-order valence-corrected chi connectivity index (χ1v) is 29.7. The predicted molar refractivity (Wildman–Crippen MR) is 351 cm³/mol. The number of anilines is 6. The van der Waals surface area contributed by atoms with Crippen molar-refractivity contribution in [1.82, 2.24) is 0 Å². The summed E-state index contributed by atoms with van der Waals surface area (Å²) in [7, 11) is 0. The number of nitrogens with zero attached hydrogens (tertiary/aromatic N) is 2. The summed E-state index contributed by atoms with van der Waals surface area (Å²) in [5.41, 5.74) is 21.8. The molecule has 0 atom stereocenters. The van der Waals surface area contributed by atoms with Crippen LogP contribution >= 0.6 is 11.3 Å². The number of thiophene rings is 1. The average Bonchev–Trinajstić information content (AvgIpc) is 2.02. The molecule has 394 valence electrons. The molecular formula is C80H52N2OS. The summed E-state index contributed by atoms with van der Waals surface area (Å²) < 4.78 is 9.23. The summed E-state index contributed by atoms with van der Waals surface area (Å²) in [6.07, 6.45) is 0. The topological polar surface area (TPSA) is 19.6 Å². The predicted octanol–water partition coefficient (Wildman–Crippen LogP) is 21.6. The number of fused-ring (bicyclic) bond motifs is 12. The van der Waals surface area contributed by atoms with Crippen molar-refractivity contribution in [2.75, 3.05) is 9.80 Å². The van der Waals surface area contributed by atoms with Gasteiger partial charge >= 0.3 is 0 Å². The number of hydrogen-bond acceptors (Lipinski definition) is 4. The standard InChI is InChI=1S/C80H52N2OS/c1-5-25-53(26-6-1)79(54-27-7-2-8-28-54)65-39-17-13-35-60(65)64-52-59(49-50-67(64)79)81(70-43-23-46-73-77(70)62-37-15-19-45-72(62)83-73)57-33-21-34-58(51-57)82(71-44-24-48-75-78(71)63-38-16-20-47-74(63)84-75)69-42-22-41-68-76(69)61-36-14-18-40-66(61)80(68,55-29-9-3-10-30-55)56-31-11-4-12-32-56/h1-52H. The molecule has 2 aromatic heterocycles. The van der Waals surface area contributed by atoms with Gasteiger partial charge in [-0.1, -0.05) is 243 Å². The average molecular weight is 1090 g/mol. The third kappa shape index (κ3) is 6.92. The molecule has 0 N–H and O–H groups in total. The molecule has 2 aliphatic rings. The summed E-state index contributed by atoms with van der Waals surface area (Å²) in [5.74, 6) is 0. The molecule has 0 radical (unpaired) electrons. The minimum Gasteiger partial charge on any atom is -0.456 e. The zero-order valence-corrected chi connectivity index (χ0v) is 46.5. The zero-order chi connectivity index (χ0) is 55.3. The molecule has 4 heteroatoms. The lowest BCUT2D eigenvalue weighted by Gasteiger charge is -2.35. The molecular weight excluding hydrogens is 1040 g/mol. The third-order valence-corrected chi connectivity index (χ3v) is 19.1. The Bertz CT molecular complexity index is 4970. The van der Waals surface area contributed by atoms with E-state index in [2.05, 4.69) is 325 Å². The van der Waals surface area contributed by atoms with Crippen molar-refractivity contribution in [2.24, 2.45) is 0 Å². The van der Waals surface area contributed by atoms with Crippen LogP contribution in [0.25, 0.3) is 64.4 Å². The van der Waals surface area contributed by atoms with E-state index in [9.17, 15) is 0 Å². The van der Waals surface area contributed by atoms with Gasteiger partial charge in [0.1, 0.15) is 11.2 Å². The van der Waals surface area contributed by atoms with Crippen LogP contribution in [0.15, 0.2) is 320 Å². The van der Waals surface area contributed by atoms with E-state index in [1.807, 2.05) is 11.3 Å². The van der Waals surface area contributed by atoms with Crippen LogP contribution in [0.4, 0.5) is 34.1 Å². The van der Waals surface area contributed by atoms with E-state index in [1.165, 1.54) is 86.9 Å². The molecule has 0 fully saturated rings. The van der Waals surface area contributed by atoms with Gasteiger partial charge in [0.2, 0.25) is 0 Å². The van der Waals surface area contributed by atoms with Gasteiger partial charge in [0, 0.05) is 48.2 Å². The highest BCUT2D eigenvalue weighted by atomic mass is 32.1. The van der Waals surface area contributed by atoms with Gasteiger partial charge in [-0.2, -0.15) is 0 Å². The first-order chi connectivity index (χ1) is 41.7. The Morgan fingerprint density at radius 2 is 0.726 bits per heavy atom. The highest BCUT2D eigenvalue weighted by Gasteiger charge is 2.48. The molecule has 0 saturated carbocycles. The Labute approximate surface area is 491 Å². The van der Waals surface area contributed by atoms with Crippen molar-refractivity contribution < 1.29 is 4.42 Å². The minimum absolute atomic E-state index is 0.543. The Morgan fingerprint density at radius 3 is 1.42 bits per heavy atom. The Hall–Kier alpha value is -10.5. The second-order valence-corrected chi connectivity index (χ2v) is 23.3. The molecule has 0 amide bonds. The van der Waals surface area contributed by atoms with Crippen LogP contribution in [0.1, 0.15) is 44.5 Å². The van der Waals surface area contributed by atoms with Crippen molar-refractivity contribution in [3.8, 4) is 22.3 Å². The van der Waals surface area contributed by atoms with Gasteiger partial charge in [-0.3, -0.25) is 0 Å². The van der Waals surface area contributed by atoms with Crippen molar-refractivity contribution in [2.45, 2.75) is 10.8 Å². The second kappa shape index (κ2) is 19.0. The molecule has 17 rings (SSSR count). The van der Waals surface area contributed by atoms with Crippen molar-refractivity contribution in [3.63, 3.8) is 0 Å². The Kier molecular flexibility index (Phi) is 10.9. The molecule has 0 unspecified atom stereocenters. The number of furan rings is 1. The SMILES string of the molecule is c1ccc(C2(c3ccccc3)c3ccccc3-c3cc(N(c4cccc(N(c5cccc6c5-c5ccccc5C6(c5ccccc5)c5ccccc5)c5cccc6sc7ccccc7c56)c4)c4cccc5oc6ccccc6c45)ccc32)cc1. The second-order valence-electron chi connectivity index (χ2n) is 22.2. The number of para-hydroxylation sites is 1. The van der Waals surface area contributed by atoms with Crippen molar-refractivity contribution >= 4 is 87.6 Å². The van der Waals surface area contributed by atoms with Crippen molar-refractivity contribution in [1.29, 1.82) is 0 Å². The van der Waals surface area contributed by atoms with E-state index >= 15 is 0 Å². The fourth-order valence-electron chi connectivity index (χ4n) is 14.7. The van der Waals surface area contributed by atoms with E-state index in [1.54, 1.807) is 0 Å². The quantitative estimate of drug-likeness (QED) is 0.136. The fourth-order valence-corrected chi connectivity index (χ4v) is 15.9. The Morgan fingerprint density at radius 1 is 0.274 bits per heavy atom. The molecule has 2 aliphatic carbocycles. The number of hydrogen-bond donors (Lipinski definition) is 0. The van der Waals surface area contributed by atoms with Crippen LogP contribution in [-0.2, 0) is 10.8 Å². The molecule has 2 heterocycles. The van der Waals surface area contributed by atoms with Gasteiger partial charge in [0.05, 0.1) is 33.3 Å². The smallest absolute Gasteiger partial charge is 0.137 e. The highest BCUT2D eigenvalue weighted by Crippen LogP contribution is 2.61. The van der Waals surface area contributed by atoms with E-state index < -0.39 is 10.8 Å². The fraction of sp³-hybridized carbons (Fsp3) is 0.0250. The monoisotopic (exact) mass is 1090 g/mol. The summed E-state index contributed by atoms with van der Waals surface area (Å²) in [4.78, 5) is 5.03. The summed E-state index contributed by atoms with van der Waals surface area (Å²) in [6.45, 7) is 0. The molecule has 84 heavy (non-hydrogen) atoms. The van der Waals surface area contributed by atoms with Gasteiger partial charge in [-0.15, -0.1) is 11.3 Å². The van der Waals surface area contributed by atoms with Crippen LogP contribution in [0, 0.1) is 0 Å². The zero-order valence-electron chi connectivity index (χ0n) is 45.7. The molecule has 0 spiro atoms. The largest absolute Gasteiger partial charge is 0.456 e. The molecule has 0 bridgehead atoms. The molecule has 0 saturated heterocycles. The lowest BCUT2D eigenvalue weighted by atomic mass is 9.68. The van der Waals surface area contributed by atoms with Gasteiger partial charge in [0.15, 0.2) is 0 Å².